The molecule has 3 N–H and O–H groups in total. The Kier molecular flexibility index (Phi) is 5.03. The number of pyridine rings is 1. The molecule has 1 amide bonds. The molecule has 3 aromatic rings. The maximum Gasteiger partial charge on any atom is 0.245 e. The fourth-order valence-electron chi connectivity index (χ4n) is 2.56. The van der Waals surface area contributed by atoms with Gasteiger partial charge in [0.1, 0.15) is 17.5 Å². The molecule has 3 rings (SSSR count). The Morgan fingerprint density at radius 3 is 2.85 bits per heavy atom. The van der Waals surface area contributed by atoms with Crippen LogP contribution in [-0.4, -0.2) is 42.9 Å². The number of aromatic nitrogens is 5. The zero-order valence-electron chi connectivity index (χ0n) is 14.8. The summed E-state index contributed by atoms with van der Waals surface area (Å²) in [6.45, 7) is 6.18. The number of anilines is 1. The Morgan fingerprint density at radius 1 is 1.31 bits per heavy atom. The van der Waals surface area contributed by atoms with E-state index >= 15 is 0 Å². The maximum atomic E-state index is 12.4. The number of amides is 1. The van der Waals surface area contributed by atoms with E-state index in [1.165, 1.54) is 6.33 Å². The molecule has 0 aliphatic carbocycles. The molecule has 8 nitrogen and oxygen atoms in total. The smallest absolute Gasteiger partial charge is 0.245 e. The van der Waals surface area contributed by atoms with Crippen LogP contribution in [0.15, 0.2) is 24.8 Å². The van der Waals surface area contributed by atoms with Crippen LogP contribution < -0.4 is 10.6 Å². The molecule has 0 aromatic carbocycles. The first-order valence-electron chi connectivity index (χ1n) is 8.35. The average molecular weight is 374 g/mol. The van der Waals surface area contributed by atoms with Gasteiger partial charge in [0, 0.05) is 29.9 Å². The predicted octanol–water partition coefficient (Wildman–Crippen LogP) is 2.79. The van der Waals surface area contributed by atoms with E-state index in [1.54, 1.807) is 18.5 Å². The summed E-state index contributed by atoms with van der Waals surface area (Å²) in [5.74, 6) is 0.689. The first kappa shape index (κ1) is 18.1. The van der Waals surface area contributed by atoms with Gasteiger partial charge < -0.3 is 15.6 Å². The molecule has 0 saturated carbocycles. The molecule has 26 heavy (non-hydrogen) atoms. The standard InChI is InChI=1S/C17H20ClN7O/c1-4-17(3,15(26)19-5-2)25-16-23-9-22-14(24-16)12-8-21-13-11(12)6-10(18)7-20-13/h6-9H,4-5H2,1-3H3,(H,19,26)(H,20,21)(H,22,23,24,25). The molecule has 0 radical (unpaired) electrons. The topological polar surface area (TPSA) is 108 Å². The number of aromatic amines is 1. The zero-order valence-corrected chi connectivity index (χ0v) is 15.6. The van der Waals surface area contributed by atoms with E-state index in [4.69, 9.17) is 11.6 Å². The van der Waals surface area contributed by atoms with Crippen LogP contribution in [0.2, 0.25) is 5.02 Å². The second-order valence-corrected chi connectivity index (χ2v) is 6.49. The average Bonchev–Trinajstić information content (AvgIpc) is 3.05. The molecule has 3 heterocycles. The lowest BCUT2D eigenvalue weighted by molar-refractivity contribution is -0.125. The van der Waals surface area contributed by atoms with E-state index in [2.05, 4.69) is 35.6 Å². The summed E-state index contributed by atoms with van der Waals surface area (Å²) < 4.78 is 0. The van der Waals surface area contributed by atoms with E-state index in [9.17, 15) is 4.79 Å². The summed E-state index contributed by atoms with van der Waals surface area (Å²) in [5.41, 5.74) is 0.636. The number of hydrogen-bond acceptors (Lipinski definition) is 6. The number of fused-ring (bicyclic) bond motifs is 1. The number of hydrogen-bond donors (Lipinski definition) is 3. The molecule has 9 heteroatoms. The van der Waals surface area contributed by atoms with Crippen LogP contribution in [0, 0.1) is 0 Å². The van der Waals surface area contributed by atoms with Crippen molar-refractivity contribution >= 4 is 34.5 Å². The van der Waals surface area contributed by atoms with Crippen molar-refractivity contribution in [1.82, 2.24) is 30.2 Å². The second-order valence-electron chi connectivity index (χ2n) is 6.05. The number of rotatable bonds is 6. The molecule has 1 atom stereocenters. The van der Waals surface area contributed by atoms with Gasteiger partial charge in [-0.1, -0.05) is 18.5 Å². The molecule has 0 aliphatic heterocycles. The van der Waals surface area contributed by atoms with Gasteiger partial charge in [-0.15, -0.1) is 0 Å². The number of nitrogens with one attached hydrogen (secondary N) is 3. The van der Waals surface area contributed by atoms with E-state index in [-0.39, 0.29) is 5.91 Å². The first-order chi connectivity index (χ1) is 12.5. The number of likely N-dealkylation sites (N-methyl/N-ethyl adjacent to an activating group) is 1. The summed E-state index contributed by atoms with van der Waals surface area (Å²) in [4.78, 5) is 32.5. The van der Waals surface area contributed by atoms with E-state index in [1.807, 2.05) is 20.8 Å². The van der Waals surface area contributed by atoms with E-state index < -0.39 is 5.54 Å². The first-order valence-corrected chi connectivity index (χ1v) is 8.73. The van der Waals surface area contributed by atoms with Gasteiger partial charge in [0.05, 0.1) is 5.02 Å². The minimum atomic E-state index is -0.820. The summed E-state index contributed by atoms with van der Waals surface area (Å²) in [7, 11) is 0. The fourth-order valence-corrected chi connectivity index (χ4v) is 2.72. The molecule has 0 aliphatic rings. The van der Waals surface area contributed by atoms with Gasteiger partial charge in [-0.25, -0.2) is 15.0 Å². The molecular formula is C17H20ClN7O. The van der Waals surface area contributed by atoms with Gasteiger partial charge in [-0.05, 0) is 26.3 Å². The number of H-pyrrole nitrogens is 1. The van der Waals surface area contributed by atoms with E-state index in [0.29, 0.717) is 35.4 Å². The Labute approximate surface area is 155 Å². The summed E-state index contributed by atoms with van der Waals surface area (Å²) in [6, 6.07) is 1.80. The van der Waals surface area contributed by atoms with Gasteiger partial charge in [-0.3, -0.25) is 4.79 Å². The molecule has 136 valence electrons. The lowest BCUT2D eigenvalue weighted by Gasteiger charge is -2.28. The van der Waals surface area contributed by atoms with Crippen molar-refractivity contribution in [2.45, 2.75) is 32.7 Å². The van der Waals surface area contributed by atoms with Gasteiger partial charge >= 0.3 is 0 Å². The Hall–Kier alpha value is -2.74. The van der Waals surface area contributed by atoms with Crippen LogP contribution in [0.3, 0.4) is 0 Å². The summed E-state index contributed by atoms with van der Waals surface area (Å²) in [6.07, 6.45) is 5.33. The van der Waals surface area contributed by atoms with Crippen molar-refractivity contribution in [3.05, 3.63) is 29.8 Å². The minimum absolute atomic E-state index is 0.104. The molecule has 0 spiro atoms. The highest BCUT2D eigenvalue weighted by atomic mass is 35.5. The molecular weight excluding hydrogens is 354 g/mol. The van der Waals surface area contributed by atoms with Crippen LogP contribution >= 0.6 is 11.6 Å². The molecule has 0 bridgehead atoms. The van der Waals surface area contributed by atoms with Crippen molar-refractivity contribution in [3.8, 4) is 11.4 Å². The van der Waals surface area contributed by atoms with Gasteiger partial charge in [-0.2, -0.15) is 4.98 Å². The van der Waals surface area contributed by atoms with Crippen molar-refractivity contribution in [1.29, 1.82) is 0 Å². The lowest BCUT2D eigenvalue weighted by Crippen LogP contribution is -2.50. The van der Waals surface area contributed by atoms with Crippen LogP contribution in [0.1, 0.15) is 27.2 Å². The highest BCUT2D eigenvalue weighted by molar-refractivity contribution is 6.31. The quantitative estimate of drug-likeness (QED) is 0.613. The number of carbonyl (C=O) groups excluding carboxylic acids is 1. The largest absolute Gasteiger partial charge is 0.354 e. The Bertz CT molecular complexity index is 942. The van der Waals surface area contributed by atoms with E-state index in [0.717, 1.165) is 10.9 Å². The zero-order chi connectivity index (χ0) is 18.7. The molecule has 3 aromatic heterocycles. The van der Waals surface area contributed by atoms with Gasteiger partial charge in [0.25, 0.3) is 0 Å². The lowest BCUT2D eigenvalue weighted by atomic mass is 9.98. The number of carbonyl (C=O) groups is 1. The number of halogens is 1. The molecule has 0 fully saturated rings. The van der Waals surface area contributed by atoms with Gasteiger partial charge in [0.2, 0.25) is 11.9 Å². The third-order valence-electron chi connectivity index (χ3n) is 4.24. The predicted molar refractivity (Wildman–Crippen MR) is 101 cm³/mol. The highest BCUT2D eigenvalue weighted by Crippen LogP contribution is 2.27. The van der Waals surface area contributed by atoms with Crippen molar-refractivity contribution in [3.63, 3.8) is 0 Å². The third-order valence-corrected chi connectivity index (χ3v) is 4.45. The molecule has 1 unspecified atom stereocenters. The summed E-state index contributed by atoms with van der Waals surface area (Å²) >= 11 is 6.05. The Balaban J connectivity index is 1.95. The fraction of sp³-hybridized carbons (Fsp3) is 0.353. The van der Waals surface area contributed by atoms with Crippen LogP contribution in [-0.2, 0) is 4.79 Å². The highest BCUT2D eigenvalue weighted by Gasteiger charge is 2.31. The Morgan fingerprint density at radius 2 is 2.12 bits per heavy atom. The van der Waals surface area contributed by atoms with Crippen molar-refractivity contribution in [2.24, 2.45) is 0 Å². The SMILES string of the molecule is CCNC(=O)C(C)(CC)Nc1ncnc(-c2c[nH]c3ncc(Cl)cc23)n1. The minimum Gasteiger partial charge on any atom is -0.354 e. The third kappa shape index (κ3) is 3.45. The molecule has 0 saturated heterocycles. The monoisotopic (exact) mass is 373 g/mol. The van der Waals surface area contributed by atoms with Crippen LogP contribution in [0.25, 0.3) is 22.4 Å². The van der Waals surface area contributed by atoms with Gasteiger partial charge in [0.15, 0.2) is 5.82 Å². The summed E-state index contributed by atoms with van der Waals surface area (Å²) in [5, 5.41) is 7.30. The number of nitrogens with zero attached hydrogens (tertiary/aromatic N) is 4. The van der Waals surface area contributed by atoms with Crippen molar-refractivity contribution in [2.75, 3.05) is 11.9 Å². The van der Waals surface area contributed by atoms with Crippen LogP contribution in [0.4, 0.5) is 5.95 Å². The normalized spacial score (nSPS) is 13.4. The second kappa shape index (κ2) is 7.25. The van der Waals surface area contributed by atoms with Crippen LogP contribution in [0.5, 0.6) is 0 Å². The maximum absolute atomic E-state index is 12.4. The van der Waals surface area contributed by atoms with Crippen molar-refractivity contribution < 1.29 is 4.79 Å².